The van der Waals surface area contributed by atoms with Crippen LogP contribution in [0.1, 0.15) is 29.8 Å². The third-order valence-corrected chi connectivity index (χ3v) is 7.58. The van der Waals surface area contributed by atoms with Crippen LogP contribution < -0.4 is 29.2 Å². The van der Waals surface area contributed by atoms with Gasteiger partial charge in [-0.1, -0.05) is 19.9 Å². The zero-order valence-electron chi connectivity index (χ0n) is 27.9. The topological polar surface area (TPSA) is 119 Å². The van der Waals surface area contributed by atoms with Crippen molar-refractivity contribution >= 4 is 35.1 Å². The van der Waals surface area contributed by atoms with Crippen LogP contribution in [0.4, 0.5) is 27.9 Å². The molecule has 1 N–H and O–H groups in total. The van der Waals surface area contributed by atoms with Crippen molar-refractivity contribution < 1.29 is 28.5 Å². The van der Waals surface area contributed by atoms with Crippen LogP contribution in [-0.4, -0.2) is 86.3 Å². The van der Waals surface area contributed by atoms with E-state index in [-0.39, 0.29) is 23.4 Å². The maximum atomic E-state index is 13.9. The predicted molar refractivity (Wildman–Crippen MR) is 182 cm³/mol. The van der Waals surface area contributed by atoms with Gasteiger partial charge in [-0.25, -0.2) is 14.7 Å². The van der Waals surface area contributed by atoms with Crippen molar-refractivity contribution in [3.05, 3.63) is 84.1 Å². The maximum Gasteiger partial charge on any atom is 0.425 e. The minimum Gasteiger partial charge on any atom is -0.497 e. The third kappa shape index (κ3) is 8.67. The normalized spacial score (nSPS) is 10.7. The van der Waals surface area contributed by atoms with Gasteiger partial charge in [0.2, 0.25) is 5.95 Å². The standard InChI is InChI=1S/C35H42N6O6/c1-8-40(9-2)21-20-39(4)33(42)25-11-13-26(14-12-25)37-34-36-19-18-32(38-34)41(28-16-15-27(44-5)23-30(28)46-7)35(43)47-31-22-24(3)10-17-29(31)45-6/h10-19,22-23H,8-9,20-21H2,1-7H3,(H,36,37,38). The molecule has 0 atom stereocenters. The highest BCUT2D eigenvalue weighted by Crippen LogP contribution is 2.38. The third-order valence-electron chi connectivity index (χ3n) is 7.58. The first-order chi connectivity index (χ1) is 22.7. The molecule has 1 heterocycles. The number of carbonyl (C=O) groups excluding carboxylic acids is 2. The number of rotatable bonds is 14. The van der Waals surface area contributed by atoms with Crippen molar-refractivity contribution in [2.75, 3.05) is 64.8 Å². The number of hydrogen-bond donors (Lipinski definition) is 1. The summed E-state index contributed by atoms with van der Waals surface area (Å²) in [6.07, 6.45) is 0.770. The molecular weight excluding hydrogens is 600 g/mol. The Labute approximate surface area is 275 Å². The summed E-state index contributed by atoms with van der Waals surface area (Å²) in [6, 6.07) is 19.0. The predicted octanol–water partition coefficient (Wildman–Crippen LogP) is 6.31. The van der Waals surface area contributed by atoms with E-state index in [1.54, 1.807) is 79.7 Å². The summed E-state index contributed by atoms with van der Waals surface area (Å²) < 4.78 is 22.3. The Morgan fingerprint density at radius 3 is 2.19 bits per heavy atom. The Bertz CT molecular complexity index is 1660. The van der Waals surface area contributed by atoms with Gasteiger partial charge in [-0.05, 0) is 74.1 Å². The monoisotopic (exact) mass is 642 g/mol. The molecule has 0 bridgehead atoms. The largest absolute Gasteiger partial charge is 0.497 e. The van der Waals surface area contributed by atoms with Gasteiger partial charge in [0.05, 0.1) is 27.0 Å². The van der Waals surface area contributed by atoms with Crippen LogP contribution in [0.3, 0.4) is 0 Å². The van der Waals surface area contributed by atoms with Crippen LogP contribution in [0.5, 0.6) is 23.0 Å². The number of ether oxygens (including phenoxy) is 4. The second-order valence-electron chi connectivity index (χ2n) is 10.6. The van der Waals surface area contributed by atoms with E-state index in [1.807, 2.05) is 13.0 Å². The molecule has 0 spiro atoms. The van der Waals surface area contributed by atoms with Crippen LogP contribution in [0, 0.1) is 6.92 Å². The molecule has 0 aliphatic heterocycles. The highest BCUT2D eigenvalue weighted by atomic mass is 16.6. The zero-order valence-corrected chi connectivity index (χ0v) is 27.9. The lowest BCUT2D eigenvalue weighted by molar-refractivity contribution is 0.0779. The van der Waals surface area contributed by atoms with Crippen molar-refractivity contribution in [1.29, 1.82) is 0 Å². The Balaban J connectivity index is 1.60. The minimum atomic E-state index is -0.755. The molecule has 4 aromatic rings. The van der Waals surface area contributed by atoms with Gasteiger partial charge in [-0.3, -0.25) is 4.79 Å². The highest BCUT2D eigenvalue weighted by Gasteiger charge is 2.27. The lowest BCUT2D eigenvalue weighted by Gasteiger charge is -2.24. The van der Waals surface area contributed by atoms with Gasteiger partial charge >= 0.3 is 6.09 Å². The summed E-state index contributed by atoms with van der Waals surface area (Å²) >= 11 is 0. The van der Waals surface area contributed by atoms with E-state index in [0.29, 0.717) is 40.7 Å². The molecule has 0 radical (unpaired) electrons. The quantitative estimate of drug-likeness (QED) is 0.168. The molecule has 12 nitrogen and oxygen atoms in total. The van der Waals surface area contributed by atoms with Crippen LogP contribution in [0.2, 0.25) is 0 Å². The second-order valence-corrected chi connectivity index (χ2v) is 10.6. The van der Waals surface area contributed by atoms with Crippen LogP contribution in [0.25, 0.3) is 0 Å². The van der Waals surface area contributed by atoms with Crippen LogP contribution in [-0.2, 0) is 0 Å². The van der Waals surface area contributed by atoms with E-state index < -0.39 is 6.09 Å². The molecule has 0 saturated carbocycles. The van der Waals surface area contributed by atoms with E-state index in [1.165, 1.54) is 25.3 Å². The number of methoxy groups -OCH3 is 3. The number of aryl methyl sites for hydroxylation is 1. The number of likely N-dealkylation sites (N-methyl/N-ethyl adjacent to an activating group) is 2. The Hall–Kier alpha value is -5.36. The summed E-state index contributed by atoms with van der Waals surface area (Å²) in [5.41, 5.74) is 2.47. The zero-order chi connectivity index (χ0) is 33.9. The molecule has 0 unspecified atom stereocenters. The summed E-state index contributed by atoms with van der Waals surface area (Å²) in [6.45, 7) is 9.44. The average molecular weight is 643 g/mol. The molecule has 2 amide bonds. The summed E-state index contributed by atoms with van der Waals surface area (Å²) in [5, 5.41) is 3.16. The van der Waals surface area contributed by atoms with Gasteiger partial charge in [0, 0.05) is 49.7 Å². The van der Waals surface area contributed by atoms with Crippen molar-refractivity contribution in [3.8, 4) is 23.0 Å². The van der Waals surface area contributed by atoms with Gasteiger partial charge in [-0.2, -0.15) is 4.98 Å². The number of nitrogens with zero attached hydrogens (tertiary/aromatic N) is 5. The maximum absolute atomic E-state index is 13.9. The molecule has 0 saturated heterocycles. The fraction of sp³-hybridized carbons (Fsp3) is 0.314. The molecule has 1 aromatic heterocycles. The Kier molecular flexibility index (Phi) is 12.0. The van der Waals surface area contributed by atoms with Crippen molar-refractivity contribution in [2.24, 2.45) is 0 Å². The lowest BCUT2D eigenvalue weighted by atomic mass is 10.2. The molecule has 0 aliphatic carbocycles. The van der Waals surface area contributed by atoms with Crippen molar-refractivity contribution in [1.82, 2.24) is 19.8 Å². The van der Waals surface area contributed by atoms with Gasteiger partial charge in [0.1, 0.15) is 17.3 Å². The molecule has 4 rings (SSSR count). The molecule has 0 aliphatic rings. The molecule has 47 heavy (non-hydrogen) atoms. The van der Waals surface area contributed by atoms with Gasteiger partial charge in [0.15, 0.2) is 11.5 Å². The van der Waals surface area contributed by atoms with Crippen LogP contribution >= 0.6 is 0 Å². The fourth-order valence-electron chi connectivity index (χ4n) is 4.80. The molecule has 12 heteroatoms. The van der Waals surface area contributed by atoms with Gasteiger partial charge in [0.25, 0.3) is 5.91 Å². The second kappa shape index (κ2) is 16.3. The van der Waals surface area contributed by atoms with E-state index in [9.17, 15) is 9.59 Å². The van der Waals surface area contributed by atoms with Gasteiger partial charge in [-0.15, -0.1) is 0 Å². The van der Waals surface area contributed by atoms with Crippen molar-refractivity contribution in [2.45, 2.75) is 20.8 Å². The van der Waals surface area contributed by atoms with E-state index in [4.69, 9.17) is 18.9 Å². The number of benzene rings is 3. The molecule has 3 aromatic carbocycles. The van der Waals surface area contributed by atoms with E-state index in [0.717, 1.165) is 25.2 Å². The number of carbonyl (C=O) groups is 2. The lowest BCUT2D eigenvalue weighted by Crippen LogP contribution is -2.36. The number of hydrogen-bond acceptors (Lipinski definition) is 10. The Morgan fingerprint density at radius 1 is 0.809 bits per heavy atom. The van der Waals surface area contributed by atoms with Gasteiger partial charge < -0.3 is 34.1 Å². The number of amides is 2. The highest BCUT2D eigenvalue weighted by molar-refractivity contribution is 5.98. The smallest absolute Gasteiger partial charge is 0.425 e. The average Bonchev–Trinajstić information content (AvgIpc) is 3.09. The number of aromatic nitrogens is 2. The summed E-state index contributed by atoms with van der Waals surface area (Å²) in [5.74, 6) is 1.91. The Morgan fingerprint density at radius 2 is 1.53 bits per heavy atom. The number of nitrogens with one attached hydrogen (secondary N) is 1. The fourth-order valence-corrected chi connectivity index (χ4v) is 4.80. The first-order valence-corrected chi connectivity index (χ1v) is 15.3. The summed E-state index contributed by atoms with van der Waals surface area (Å²) in [4.78, 5) is 41.2. The molecule has 248 valence electrons. The first-order valence-electron chi connectivity index (χ1n) is 15.3. The molecular formula is C35H42N6O6. The SMILES string of the molecule is CCN(CC)CCN(C)C(=O)c1ccc(Nc2nccc(N(C(=O)Oc3cc(C)ccc3OC)c3ccc(OC)cc3OC)n2)cc1. The van der Waals surface area contributed by atoms with E-state index >= 15 is 0 Å². The van der Waals surface area contributed by atoms with Crippen LogP contribution in [0.15, 0.2) is 72.9 Å². The first kappa shape index (κ1) is 34.5. The number of anilines is 4. The van der Waals surface area contributed by atoms with E-state index in [2.05, 4.69) is 34.0 Å². The summed E-state index contributed by atoms with van der Waals surface area (Å²) in [7, 11) is 6.35. The minimum absolute atomic E-state index is 0.0604. The van der Waals surface area contributed by atoms with Crippen molar-refractivity contribution in [3.63, 3.8) is 0 Å². The molecule has 0 fully saturated rings.